The molecule has 18 rings (SSSR count). The van der Waals surface area contributed by atoms with Crippen molar-refractivity contribution in [1.29, 1.82) is 10.5 Å². The SMILES string of the molecule is C.N#Cc1ccc([C@@]23Oc4cc(Cl)cnc4[C@]2(O)[C@@H]2OC(=O)N[C@@H]2[C@H]3c2ccccc2)cc1.N#Cc1ccc([C@@]23Oc4cc(Cl)cnc4[C@]2(O)[C@@H]2OC(=O)N[C@@H]2[C@H]3c2ccccc2)cc1.O=C1N[C@H]2[C@@H](O1)[C@@]1(O)c3ncc(Cl)cc3O[C@@]1(c1ccc(Br)cc1)[C@@H]2c1ccccc1. The normalized spacial score (nSPS) is 31.5. The number of aromatic nitrogens is 3. The highest BCUT2D eigenvalue weighted by molar-refractivity contribution is 9.10. The smallest absolute Gasteiger partial charge is 0.407 e. The van der Waals surface area contributed by atoms with Crippen molar-refractivity contribution < 1.29 is 58.1 Å². The van der Waals surface area contributed by atoms with Crippen LogP contribution in [0, 0.1) is 22.7 Å². The first-order valence-electron chi connectivity index (χ1n) is 30.0. The van der Waals surface area contributed by atoms with Gasteiger partial charge in [0.25, 0.3) is 0 Å². The summed E-state index contributed by atoms with van der Waals surface area (Å²) in [6.07, 6.45) is -0.252. The first kappa shape index (κ1) is 62.3. The standard InChI is InChI=1S/2C24H16ClN3O4.C23H16BrClN2O4.CH4/c2*25-16-10-17-20(27-12-16)23(30)21-19(28-22(29)31-21)18(14-4-2-1-3-5-14)24(23,32-17)15-8-6-13(11-26)7-9-15;24-14-8-6-13(7-9-14)23-17(12-4-2-1-3-5-12)18-20(30-21(28)27-18)22(23,29)19-16(31-23)10-15(25)11-26-19;/h2*1-10,12,18-19,21,30H,(H,28,29);1-11,17-18,20,29H,(H,27,28);1H4/t2*18-,19-,21-,23+,24+;17-,18-,20-,22+,23+;/m111./s1. The number of fused-ring (bicyclic) bond motifs is 15. The zero-order chi connectivity index (χ0) is 65.6. The van der Waals surface area contributed by atoms with Gasteiger partial charge in [-0.05, 0) is 69.8 Å². The number of nitrogens with zero attached hydrogens (tertiary/aromatic N) is 5. The molecule has 0 unspecified atom stereocenters. The Balaban J connectivity index is 0.000000118. The minimum Gasteiger partial charge on any atom is -0.476 e. The second kappa shape index (κ2) is 22.7. The van der Waals surface area contributed by atoms with Gasteiger partial charge in [0.15, 0.2) is 51.9 Å². The zero-order valence-electron chi connectivity index (χ0n) is 49.0. The van der Waals surface area contributed by atoms with Crippen molar-refractivity contribution in [1.82, 2.24) is 30.9 Å². The minimum atomic E-state index is -1.80. The number of benzene rings is 6. The summed E-state index contributed by atoms with van der Waals surface area (Å²) in [5.74, 6) is -0.472. The summed E-state index contributed by atoms with van der Waals surface area (Å²) in [6, 6.07) is 57.5. The average Bonchev–Trinajstić information content (AvgIpc) is 1.51. The highest BCUT2D eigenvalue weighted by Crippen LogP contribution is 2.71. The van der Waals surface area contributed by atoms with Crippen molar-refractivity contribution >= 4 is 69.0 Å². The van der Waals surface area contributed by atoms with Crippen LogP contribution in [0.15, 0.2) is 205 Å². The largest absolute Gasteiger partial charge is 0.476 e. The fourth-order valence-electron chi connectivity index (χ4n) is 16.4. The van der Waals surface area contributed by atoms with Gasteiger partial charge < -0.3 is 59.7 Å². The van der Waals surface area contributed by atoms with E-state index >= 15 is 0 Å². The molecule has 15 atom stereocenters. The van der Waals surface area contributed by atoms with E-state index in [1.807, 2.05) is 115 Å². The number of halogens is 4. The molecule has 0 bridgehead atoms. The summed E-state index contributed by atoms with van der Waals surface area (Å²) in [4.78, 5) is 50.1. The molecule has 6 aliphatic heterocycles. The van der Waals surface area contributed by atoms with E-state index in [1.54, 1.807) is 66.7 Å². The predicted molar refractivity (Wildman–Crippen MR) is 349 cm³/mol. The summed E-state index contributed by atoms with van der Waals surface area (Å²) in [5, 5.41) is 65.5. The second-order valence-electron chi connectivity index (χ2n) is 24.4. The lowest BCUT2D eigenvalue weighted by Gasteiger charge is -2.40. The number of pyridine rings is 3. The minimum absolute atomic E-state index is 0. The van der Waals surface area contributed by atoms with Crippen molar-refractivity contribution in [2.45, 2.75) is 95.2 Å². The number of hydrogen-bond donors (Lipinski definition) is 6. The number of carbonyl (C=O) groups excluding carboxylic acids is 3. The molecule has 3 aromatic heterocycles. The van der Waals surface area contributed by atoms with Gasteiger partial charge in [0.05, 0.1) is 74.2 Å². The van der Waals surface area contributed by atoms with Crippen LogP contribution in [-0.2, 0) is 47.8 Å². The predicted octanol–water partition coefficient (Wildman–Crippen LogP) is 11.6. The Morgan fingerprint density at radius 2 is 0.698 bits per heavy atom. The Hall–Kier alpha value is -9.81. The van der Waals surface area contributed by atoms with E-state index < -0.39 is 106 Å². The molecule has 6 N–H and O–H groups in total. The van der Waals surface area contributed by atoms with Crippen LogP contribution in [0.25, 0.3) is 0 Å². The molecule has 9 aromatic rings. The molecule has 0 radical (unpaired) electrons. The number of hydrogen-bond acceptors (Lipinski definition) is 17. The maximum absolute atomic E-state index is 12.4. The monoisotopic (exact) mass is 1400 g/mol. The van der Waals surface area contributed by atoms with Crippen molar-refractivity contribution in [3.8, 4) is 29.4 Å². The summed E-state index contributed by atoms with van der Waals surface area (Å²) in [5.41, 5.74) is -2.99. The molecule has 20 nitrogen and oxygen atoms in total. The van der Waals surface area contributed by atoms with E-state index in [-0.39, 0.29) is 18.8 Å². The Morgan fingerprint density at radius 1 is 0.427 bits per heavy atom. The topological polar surface area (TPSA) is 290 Å². The maximum atomic E-state index is 12.4. The van der Waals surface area contributed by atoms with E-state index in [9.17, 15) is 40.2 Å². The third-order valence-electron chi connectivity index (χ3n) is 19.8. The second-order valence-corrected chi connectivity index (χ2v) is 26.6. The van der Waals surface area contributed by atoms with Crippen LogP contribution in [0.4, 0.5) is 14.4 Å². The van der Waals surface area contributed by atoms with Crippen molar-refractivity contribution in [3.05, 3.63) is 282 Å². The first-order chi connectivity index (χ1) is 45.9. The summed E-state index contributed by atoms with van der Waals surface area (Å²) in [6.45, 7) is 0. The first-order valence-corrected chi connectivity index (χ1v) is 31.9. The molecule has 9 aliphatic rings. The number of rotatable bonds is 6. The fraction of sp³-hybridized carbons (Fsp3) is 0.222. The third-order valence-corrected chi connectivity index (χ3v) is 21.0. The number of aliphatic hydroxyl groups is 3. The van der Waals surface area contributed by atoms with E-state index in [1.165, 1.54) is 18.6 Å². The number of carbonyl (C=O) groups is 3. The number of alkyl carbamates (subject to hydrolysis) is 3. The molecule has 6 fully saturated rings. The quantitative estimate of drug-likeness (QED) is 0.0843. The van der Waals surface area contributed by atoms with Crippen LogP contribution < -0.4 is 30.2 Å². The lowest BCUT2D eigenvalue weighted by atomic mass is 9.72. The van der Waals surface area contributed by atoms with Crippen molar-refractivity contribution in [3.63, 3.8) is 0 Å². The number of nitriles is 2. The van der Waals surface area contributed by atoms with Gasteiger partial charge in [-0.2, -0.15) is 10.5 Å². The molecule has 480 valence electrons. The molecular weight excluding hydrogens is 1360 g/mol. The van der Waals surface area contributed by atoms with E-state index in [4.69, 9.17) is 63.2 Å². The zero-order valence-corrected chi connectivity index (χ0v) is 52.9. The summed E-state index contributed by atoms with van der Waals surface area (Å²) >= 11 is 22.0. The maximum Gasteiger partial charge on any atom is 0.407 e. The molecule has 0 spiro atoms. The van der Waals surface area contributed by atoms with Gasteiger partial charge >= 0.3 is 18.3 Å². The van der Waals surface area contributed by atoms with Crippen LogP contribution in [0.3, 0.4) is 0 Å². The van der Waals surface area contributed by atoms with E-state index in [0.717, 1.165) is 26.7 Å². The van der Waals surface area contributed by atoms with Crippen LogP contribution in [0.2, 0.25) is 15.1 Å². The molecule has 3 aliphatic carbocycles. The molecule has 3 saturated carbocycles. The lowest BCUT2D eigenvalue weighted by molar-refractivity contribution is -0.148. The summed E-state index contributed by atoms with van der Waals surface area (Å²) < 4.78 is 37.6. The van der Waals surface area contributed by atoms with Gasteiger partial charge in [-0.25, -0.2) is 14.4 Å². The Kier molecular flexibility index (Phi) is 14.7. The molecule has 3 saturated heterocycles. The van der Waals surface area contributed by atoms with Gasteiger partial charge in [0.2, 0.25) is 0 Å². The Morgan fingerprint density at radius 3 is 0.969 bits per heavy atom. The van der Waals surface area contributed by atoms with Crippen LogP contribution >= 0.6 is 50.7 Å². The average molecular weight is 1410 g/mol. The lowest BCUT2D eigenvalue weighted by Crippen LogP contribution is -2.53. The van der Waals surface area contributed by atoms with Gasteiger partial charge in [0, 0.05) is 41.3 Å². The highest BCUT2D eigenvalue weighted by Gasteiger charge is 2.83. The summed E-state index contributed by atoms with van der Waals surface area (Å²) in [7, 11) is 0. The van der Waals surface area contributed by atoms with Crippen molar-refractivity contribution in [2.75, 3.05) is 0 Å². The Labute approximate surface area is 571 Å². The highest BCUT2D eigenvalue weighted by atomic mass is 79.9. The number of nitrogens with one attached hydrogen (secondary N) is 3. The fourth-order valence-corrected chi connectivity index (χ4v) is 17.1. The molecular formula is C72H52BrCl3N8O12. The molecule has 6 aromatic carbocycles. The van der Waals surface area contributed by atoms with Crippen LogP contribution in [-0.4, -0.2) is 85.0 Å². The van der Waals surface area contributed by atoms with Gasteiger partial charge in [-0.15, -0.1) is 0 Å². The molecule has 96 heavy (non-hydrogen) atoms. The van der Waals surface area contributed by atoms with E-state index in [0.29, 0.717) is 60.3 Å². The van der Waals surface area contributed by atoms with Gasteiger partial charge in [-0.3, -0.25) is 15.0 Å². The molecule has 24 heteroatoms. The molecule has 3 amide bonds. The van der Waals surface area contributed by atoms with Crippen molar-refractivity contribution in [2.24, 2.45) is 0 Å². The van der Waals surface area contributed by atoms with Gasteiger partial charge in [-0.1, -0.05) is 186 Å². The third kappa shape index (κ3) is 8.54. The van der Waals surface area contributed by atoms with Gasteiger partial charge in [0.1, 0.15) is 34.3 Å². The van der Waals surface area contributed by atoms with Crippen LogP contribution in [0.1, 0.15) is 86.8 Å². The van der Waals surface area contributed by atoms with Crippen LogP contribution in [0.5, 0.6) is 17.2 Å². The number of ether oxygens (including phenoxy) is 6. The molecule has 9 heterocycles. The number of amides is 3. The Bertz CT molecular complexity index is 4540. The van der Waals surface area contributed by atoms with E-state index in [2.05, 4.69) is 59.0 Å².